The van der Waals surface area contributed by atoms with Crippen LogP contribution in [0.1, 0.15) is 16.8 Å². The van der Waals surface area contributed by atoms with Crippen molar-refractivity contribution in [3.8, 4) is 17.2 Å². The largest absolute Gasteiger partial charge is 0.493 e. The minimum Gasteiger partial charge on any atom is -0.493 e. The molecule has 2 heterocycles. The number of carboxylic acid groups (broad SMARTS) is 1. The lowest BCUT2D eigenvalue weighted by molar-refractivity contribution is -0.157. The normalized spacial score (nSPS) is 24.7. The summed E-state index contributed by atoms with van der Waals surface area (Å²) >= 11 is 0. The van der Waals surface area contributed by atoms with E-state index in [0.717, 1.165) is 0 Å². The molecule has 1 aromatic carbocycles. The number of rotatable bonds is 5. The molecule has 0 aromatic heterocycles. The van der Waals surface area contributed by atoms with E-state index in [1.165, 1.54) is 21.3 Å². The molecular formula is C18H23NO7. The van der Waals surface area contributed by atoms with Crippen molar-refractivity contribution in [2.45, 2.75) is 6.42 Å². The van der Waals surface area contributed by atoms with E-state index in [-0.39, 0.29) is 18.4 Å². The highest BCUT2D eigenvalue weighted by molar-refractivity contribution is 5.96. The van der Waals surface area contributed by atoms with Gasteiger partial charge in [-0.25, -0.2) is 0 Å². The van der Waals surface area contributed by atoms with Crippen molar-refractivity contribution in [1.82, 2.24) is 4.90 Å². The van der Waals surface area contributed by atoms with E-state index >= 15 is 0 Å². The van der Waals surface area contributed by atoms with Gasteiger partial charge in [-0.2, -0.15) is 0 Å². The van der Waals surface area contributed by atoms with Gasteiger partial charge in [0.15, 0.2) is 11.5 Å². The molecule has 2 aliphatic rings. The predicted molar refractivity (Wildman–Crippen MR) is 91.0 cm³/mol. The number of hydrogen-bond acceptors (Lipinski definition) is 6. The summed E-state index contributed by atoms with van der Waals surface area (Å²) in [5.74, 6) is -0.187. The minimum atomic E-state index is -0.936. The fraction of sp³-hybridized carbons (Fsp3) is 0.556. The van der Waals surface area contributed by atoms with Gasteiger partial charge >= 0.3 is 5.97 Å². The molecule has 0 unspecified atom stereocenters. The topological polar surface area (TPSA) is 94.5 Å². The summed E-state index contributed by atoms with van der Waals surface area (Å²) in [6, 6.07) is 3.16. The van der Waals surface area contributed by atoms with Crippen LogP contribution in [0.25, 0.3) is 0 Å². The number of carbonyl (C=O) groups excluding carboxylic acids is 1. The molecular weight excluding hydrogens is 342 g/mol. The first-order valence-corrected chi connectivity index (χ1v) is 8.37. The average molecular weight is 365 g/mol. The number of methoxy groups -OCH3 is 3. The molecule has 0 radical (unpaired) electrons. The number of fused-ring (bicyclic) bond motifs is 1. The Hall–Kier alpha value is -2.48. The van der Waals surface area contributed by atoms with Crippen LogP contribution in [0.5, 0.6) is 17.2 Å². The Morgan fingerprint density at radius 1 is 1.19 bits per heavy atom. The molecule has 0 aliphatic carbocycles. The van der Waals surface area contributed by atoms with E-state index in [0.29, 0.717) is 49.0 Å². The average Bonchev–Trinajstić information content (AvgIpc) is 3.07. The second kappa shape index (κ2) is 7.03. The summed E-state index contributed by atoms with van der Waals surface area (Å²) in [7, 11) is 4.45. The quantitative estimate of drug-likeness (QED) is 0.840. The van der Waals surface area contributed by atoms with Crippen LogP contribution < -0.4 is 14.2 Å². The van der Waals surface area contributed by atoms with E-state index < -0.39 is 11.4 Å². The van der Waals surface area contributed by atoms with Gasteiger partial charge in [0.1, 0.15) is 0 Å². The van der Waals surface area contributed by atoms with Gasteiger partial charge in [-0.15, -0.1) is 0 Å². The number of ether oxygens (including phenoxy) is 4. The number of aliphatic carboxylic acids is 1. The van der Waals surface area contributed by atoms with Gasteiger partial charge in [-0.3, -0.25) is 9.59 Å². The molecule has 26 heavy (non-hydrogen) atoms. The smallest absolute Gasteiger partial charge is 0.311 e. The Kier molecular flexibility index (Phi) is 4.95. The monoisotopic (exact) mass is 365 g/mol. The van der Waals surface area contributed by atoms with Crippen molar-refractivity contribution >= 4 is 11.9 Å². The van der Waals surface area contributed by atoms with Crippen LogP contribution in [0.2, 0.25) is 0 Å². The van der Waals surface area contributed by atoms with Crippen molar-refractivity contribution < 1.29 is 33.6 Å². The lowest BCUT2D eigenvalue weighted by Crippen LogP contribution is -2.45. The summed E-state index contributed by atoms with van der Waals surface area (Å²) in [6.07, 6.45) is 0.409. The van der Waals surface area contributed by atoms with Gasteiger partial charge in [0, 0.05) is 31.2 Å². The maximum Gasteiger partial charge on any atom is 0.311 e. The Balaban J connectivity index is 1.92. The van der Waals surface area contributed by atoms with E-state index in [9.17, 15) is 14.7 Å². The zero-order valence-electron chi connectivity index (χ0n) is 15.1. The molecule has 3 rings (SSSR count). The second-order valence-corrected chi connectivity index (χ2v) is 6.58. The van der Waals surface area contributed by atoms with E-state index in [1.807, 2.05) is 0 Å². The second-order valence-electron chi connectivity index (χ2n) is 6.58. The number of carbonyl (C=O) groups is 2. The molecule has 142 valence electrons. The number of hydrogen-bond donors (Lipinski definition) is 1. The highest BCUT2D eigenvalue weighted by atomic mass is 16.5. The fourth-order valence-corrected chi connectivity index (χ4v) is 3.84. The molecule has 1 N–H and O–H groups in total. The number of benzene rings is 1. The Morgan fingerprint density at radius 2 is 1.85 bits per heavy atom. The summed E-state index contributed by atoms with van der Waals surface area (Å²) < 4.78 is 21.3. The molecule has 0 bridgehead atoms. The molecule has 8 heteroatoms. The Labute approximate surface area is 151 Å². The van der Waals surface area contributed by atoms with Gasteiger partial charge in [0.2, 0.25) is 5.75 Å². The first-order valence-electron chi connectivity index (χ1n) is 8.37. The first kappa shape index (κ1) is 18.3. The third-order valence-corrected chi connectivity index (χ3v) is 5.33. The summed E-state index contributed by atoms with van der Waals surface area (Å²) in [6.45, 7) is 1.27. The van der Waals surface area contributed by atoms with E-state index in [2.05, 4.69) is 0 Å². The van der Waals surface area contributed by atoms with Crippen LogP contribution in [0.15, 0.2) is 12.1 Å². The van der Waals surface area contributed by atoms with Crippen molar-refractivity contribution in [3.63, 3.8) is 0 Å². The van der Waals surface area contributed by atoms with E-state index in [4.69, 9.17) is 18.9 Å². The summed E-state index contributed by atoms with van der Waals surface area (Å²) in [4.78, 5) is 26.5. The van der Waals surface area contributed by atoms with Crippen molar-refractivity contribution in [2.75, 3.05) is 47.6 Å². The van der Waals surface area contributed by atoms with Crippen LogP contribution in [-0.4, -0.2) is 69.5 Å². The number of nitrogens with zero attached hydrogens (tertiary/aromatic N) is 1. The molecule has 1 aromatic rings. The standard InChI is InChI=1S/C18H23NO7/c1-23-13-6-11(7-14(24-2)15(13)25-3)16(20)19-8-12-9-26-5-4-18(12,10-19)17(21)22/h6-7,12H,4-5,8-10H2,1-3H3,(H,21,22)/t12-,18+/m0/s1. The highest BCUT2D eigenvalue weighted by Crippen LogP contribution is 2.44. The predicted octanol–water partition coefficient (Wildman–Crippen LogP) is 1.28. The SMILES string of the molecule is COc1cc(C(=O)N2C[C@H]3COCC[C@@]3(C(=O)O)C2)cc(OC)c1OC. The number of likely N-dealkylation sites (tertiary alicyclic amines) is 1. The zero-order chi connectivity index (χ0) is 18.9. The van der Waals surface area contributed by atoms with Gasteiger partial charge in [-0.1, -0.05) is 0 Å². The van der Waals surface area contributed by atoms with E-state index in [1.54, 1.807) is 17.0 Å². The Bertz CT molecular complexity index is 694. The molecule has 2 saturated heterocycles. The van der Waals surface area contributed by atoms with Crippen LogP contribution in [0, 0.1) is 11.3 Å². The highest BCUT2D eigenvalue weighted by Gasteiger charge is 2.55. The lowest BCUT2D eigenvalue weighted by Gasteiger charge is -2.33. The van der Waals surface area contributed by atoms with Crippen LogP contribution in [0.4, 0.5) is 0 Å². The molecule has 2 atom stereocenters. The lowest BCUT2D eigenvalue weighted by atomic mass is 9.74. The number of amides is 1. The van der Waals surface area contributed by atoms with Gasteiger partial charge in [0.05, 0.1) is 33.4 Å². The first-order chi connectivity index (χ1) is 12.5. The van der Waals surface area contributed by atoms with Crippen molar-refractivity contribution in [1.29, 1.82) is 0 Å². The van der Waals surface area contributed by atoms with Crippen molar-refractivity contribution in [3.05, 3.63) is 17.7 Å². The van der Waals surface area contributed by atoms with Crippen molar-refractivity contribution in [2.24, 2.45) is 11.3 Å². The zero-order valence-corrected chi connectivity index (χ0v) is 15.1. The molecule has 8 nitrogen and oxygen atoms in total. The molecule has 0 saturated carbocycles. The molecule has 0 spiro atoms. The third kappa shape index (κ3) is 2.84. The fourth-order valence-electron chi connectivity index (χ4n) is 3.84. The van der Waals surface area contributed by atoms with Gasteiger partial charge in [-0.05, 0) is 18.6 Å². The Morgan fingerprint density at radius 3 is 2.35 bits per heavy atom. The maximum atomic E-state index is 13.0. The minimum absolute atomic E-state index is 0.172. The summed E-state index contributed by atoms with van der Waals surface area (Å²) in [5.41, 5.74) is -0.575. The molecule has 2 aliphatic heterocycles. The van der Waals surface area contributed by atoms with Crippen LogP contribution in [0.3, 0.4) is 0 Å². The summed E-state index contributed by atoms with van der Waals surface area (Å²) in [5, 5.41) is 9.75. The molecule has 1 amide bonds. The van der Waals surface area contributed by atoms with Gasteiger partial charge < -0.3 is 29.0 Å². The number of carboxylic acids is 1. The molecule has 2 fully saturated rings. The van der Waals surface area contributed by atoms with Gasteiger partial charge in [0.25, 0.3) is 5.91 Å². The maximum absolute atomic E-state index is 13.0. The van der Waals surface area contributed by atoms with Crippen LogP contribution in [-0.2, 0) is 9.53 Å². The third-order valence-electron chi connectivity index (χ3n) is 5.33. The van der Waals surface area contributed by atoms with Crippen LogP contribution >= 0.6 is 0 Å².